The van der Waals surface area contributed by atoms with Gasteiger partial charge in [0.05, 0.1) is 20.3 Å². The normalized spacial score (nSPS) is 10.5. The van der Waals surface area contributed by atoms with Gasteiger partial charge in [0.25, 0.3) is 0 Å². The Kier molecular flexibility index (Phi) is 6.67. The van der Waals surface area contributed by atoms with Crippen LogP contribution in [0.5, 0.6) is 17.2 Å². The Hall–Kier alpha value is -2.49. The molecule has 2 aromatic rings. The molecule has 4 nitrogen and oxygen atoms in total. The number of benzene rings is 2. The van der Waals surface area contributed by atoms with Gasteiger partial charge in [-0.05, 0) is 41.8 Å². The Morgan fingerprint density at radius 3 is 2.29 bits per heavy atom. The van der Waals surface area contributed by atoms with Crippen LogP contribution in [-0.2, 0) is 0 Å². The standard InChI is InChI=1S/C20H24O4/c1-15(2)17-6-8-18(9-7-17)23-11-4-12-24-19-10-5-16(14-21)13-20(19)22-3/h5-10,13-15H,4,11-12H2,1-3H3. The van der Waals surface area contributed by atoms with E-state index >= 15 is 0 Å². The number of rotatable bonds is 9. The van der Waals surface area contributed by atoms with Crippen LogP contribution in [0.1, 0.15) is 42.1 Å². The maximum Gasteiger partial charge on any atom is 0.161 e. The van der Waals surface area contributed by atoms with Crippen molar-refractivity contribution in [1.29, 1.82) is 0 Å². The third kappa shape index (κ3) is 5.01. The van der Waals surface area contributed by atoms with Gasteiger partial charge in [-0.3, -0.25) is 4.79 Å². The molecule has 0 unspecified atom stereocenters. The average molecular weight is 328 g/mol. The zero-order valence-electron chi connectivity index (χ0n) is 14.5. The van der Waals surface area contributed by atoms with Crippen LogP contribution in [0.15, 0.2) is 42.5 Å². The van der Waals surface area contributed by atoms with Gasteiger partial charge >= 0.3 is 0 Å². The van der Waals surface area contributed by atoms with Crippen molar-refractivity contribution in [2.45, 2.75) is 26.2 Å². The number of hydrogen-bond acceptors (Lipinski definition) is 4. The Labute approximate surface area is 143 Å². The minimum absolute atomic E-state index is 0.515. The molecule has 0 spiro atoms. The van der Waals surface area contributed by atoms with Crippen LogP contribution in [0.3, 0.4) is 0 Å². The largest absolute Gasteiger partial charge is 0.493 e. The molecular formula is C20H24O4. The first kappa shape index (κ1) is 17.9. The molecule has 2 aromatic carbocycles. The lowest BCUT2D eigenvalue weighted by molar-refractivity contribution is 0.112. The maximum atomic E-state index is 10.8. The number of carbonyl (C=O) groups excluding carboxylic acids is 1. The third-order valence-electron chi connectivity index (χ3n) is 3.69. The highest BCUT2D eigenvalue weighted by Gasteiger charge is 2.05. The predicted molar refractivity (Wildman–Crippen MR) is 94.5 cm³/mol. The zero-order valence-corrected chi connectivity index (χ0v) is 14.5. The molecule has 2 rings (SSSR count). The Bertz CT molecular complexity index is 647. The van der Waals surface area contributed by atoms with Gasteiger partial charge in [0.2, 0.25) is 0 Å². The van der Waals surface area contributed by atoms with Crippen molar-refractivity contribution >= 4 is 6.29 Å². The average Bonchev–Trinajstić information content (AvgIpc) is 2.61. The van der Waals surface area contributed by atoms with E-state index in [2.05, 4.69) is 26.0 Å². The van der Waals surface area contributed by atoms with Crippen LogP contribution in [0, 0.1) is 0 Å². The maximum absolute atomic E-state index is 10.8. The third-order valence-corrected chi connectivity index (χ3v) is 3.69. The highest BCUT2D eigenvalue weighted by Crippen LogP contribution is 2.27. The van der Waals surface area contributed by atoms with E-state index in [9.17, 15) is 4.79 Å². The van der Waals surface area contributed by atoms with E-state index in [-0.39, 0.29) is 0 Å². The van der Waals surface area contributed by atoms with Crippen molar-refractivity contribution in [2.24, 2.45) is 0 Å². The van der Waals surface area contributed by atoms with E-state index in [1.807, 2.05) is 12.1 Å². The second-order valence-electron chi connectivity index (χ2n) is 5.80. The SMILES string of the molecule is COc1cc(C=O)ccc1OCCCOc1ccc(C(C)C)cc1. The quantitative estimate of drug-likeness (QED) is 0.503. The summed E-state index contributed by atoms with van der Waals surface area (Å²) < 4.78 is 16.6. The fraction of sp³-hybridized carbons (Fsp3) is 0.350. The summed E-state index contributed by atoms with van der Waals surface area (Å²) in [4.78, 5) is 10.8. The molecule has 0 aliphatic carbocycles. The number of methoxy groups -OCH3 is 1. The van der Waals surface area contributed by atoms with Gasteiger partial charge in [-0.25, -0.2) is 0 Å². The molecule has 0 atom stereocenters. The molecule has 4 heteroatoms. The second-order valence-corrected chi connectivity index (χ2v) is 5.80. The van der Waals surface area contributed by atoms with E-state index < -0.39 is 0 Å². The number of ether oxygens (including phenoxy) is 3. The van der Waals surface area contributed by atoms with Gasteiger partial charge in [-0.15, -0.1) is 0 Å². The van der Waals surface area contributed by atoms with Gasteiger partial charge in [-0.2, -0.15) is 0 Å². The predicted octanol–water partition coefficient (Wildman–Crippen LogP) is 4.48. The summed E-state index contributed by atoms with van der Waals surface area (Å²) in [6.07, 6.45) is 1.54. The molecule has 0 fully saturated rings. The Balaban J connectivity index is 1.76. The van der Waals surface area contributed by atoms with Crippen molar-refractivity contribution in [1.82, 2.24) is 0 Å². The number of carbonyl (C=O) groups is 1. The highest BCUT2D eigenvalue weighted by molar-refractivity contribution is 5.76. The Morgan fingerprint density at radius 1 is 0.958 bits per heavy atom. The summed E-state index contributed by atoms with van der Waals surface area (Å²) >= 11 is 0. The van der Waals surface area contributed by atoms with Crippen LogP contribution >= 0.6 is 0 Å². The highest BCUT2D eigenvalue weighted by atomic mass is 16.5. The molecule has 0 aromatic heterocycles. The lowest BCUT2D eigenvalue weighted by atomic mass is 10.0. The monoisotopic (exact) mass is 328 g/mol. The lowest BCUT2D eigenvalue weighted by Gasteiger charge is -2.12. The summed E-state index contributed by atoms with van der Waals surface area (Å²) in [7, 11) is 1.56. The molecule has 0 heterocycles. The lowest BCUT2D eigenvalue weighted by Crippen LogP contribution is -2.06. The molecule has 24 heavy (non-hydrogen) atoms. The van der Waals surface area contributed by atoms with E-state index in [0.717, 1.165) is 18.5 Å². The second kappa shape index (κ2) is 8.96. The molecule has 0 amide bonds. The minimum Gasteiger partial charge on any atom is -0.493 e. The molecule has 0 radical (unpaired) electrons. The molecule has 0 saturated heterocycles. The van der Waals surface area contributed by atoms with Gasteiger partial charge in [0, 0.05) is 12.0 Å². The number of hydrogen-bond donors (Lipinski definition) is 0. The molecule has 0 bridgehead atoms. The van der Waals surface area contributed by atoms with E-state index in [0.29, 0.717) is 36.2 Å². The summed E-state index contributed by atoms with van der Waals surface area (Å²) in [6.45, 7) is 5.43. The molecule has 128 valence electrons. The van der Waals surface area contributed by atoms with Crippen LogP contribution in [0.2, 0.25) is 0 Å². The van der Waals surface area contributed by atoms with Crippen molar-refractivity contribution in [3.8, 4) is 17.2 Å². The Morgan fingerprint density at radius 2 is 1.67 bits per heavy atom. The summed E-state index contributed by atoms with van der Waals surface area (Å²) in [5.74, 6) is 2.58. The van der Waals surface area contributed by atoms with Crippen molar-refractivity contribution in [2.75, 3.05) is 20.3 Å². The molecule has 0 N–H and O–H groups in total. The van der Waals surface area contributed by atoms with Gasteiger partial charge in [0.15, 0.2) is 11.5 Å². The molecule has 0 aliphatic rings. The first-order valence-electron chi connectivity index (χ1n) is 8.13. The molecular weight excluding hydrogens is 304 g/mol. The van der Waals surface area contributed by atoms with Gasteiger partial charge < -0.3 is 14.2 Å². The summed E-state index contributed by atoms with van der Waals surface area (Å²) in [5, 5.41) is 0. The molecule has 0 aliphatic heterocycles. The first-order valence-corrected chi connectivity index (χ1v) is 8.13. The van der Waals surface area contributed by atoms with Crippen LogP contribution in [0.25, 0.3) is 0 Å². The van der Waals surface area contributed by atoms with Crippen LogP contribution in [-0.4, -0.2) is 26.6 Å². The van der Waals surface area contributed by atoms with Crippen molar-refractivity contribution in [3.63, 3.8) is 0 Å². The molecule has 0 saturated carbocycles. The van der Waals surface area contributed by atoms with E-state index in [1.54, 1.807) is 25.3 Å². The fourth-order valence-corrected chi connectivity index (χ4v) is 2.26. The summed E-state index contributed by atoms with van der Waals surface area (Å²) in [6, 6.07) is 13.3. The van der Waals surface area contributed by atoms with Gasteiger partial charge in [-0.1, -0.05) is 26.0 Å². The topological polar surface area (TPSA) is 44.8 Å². The van der Waals surface area contributed by atoms with Crippen molar-refractivity contribution < 1.29 is 19.0 Å². The van der Waals surface area contributed by atoms with Crippen LogP contribution < -0.4 is 14.2 Å². The zero-order chi connectivity index (χ0) is 17.4. The minimum atomic E-state index is 0.515. The smallest absolute Gasteiger partial charge is 0.161 e. The van der Waals surface area contributed by atoms with E-state index in [1.165, 1.54) is 5.56 Å². The summed E-state index contributed by atoms with van der Waals surface area (Å²) in [5.41, 5.74) is 1.86. The van der Waals surface area contributed by atoms with Gasteiger partial charge in [0.1, 0.15) is 12.0 Å². The van der Waals surface area contributed by atoms with Crippen molar-refractivity contribution in [3.05, 3.63) is 53.6 Å². The number of aldehydes is 1. The van der Waals surface area contributed by atoms with Crippen LogP contribution in [0.4, 0.5) is 0 Å². The first-order chi connectivity index (χ1) is 11.6. The van der Waals surface area contributed by atoms with E-state index in [4.69, 9.17) is 14.2 Å². The fourth-order valence-electron chi connectivity index (χ4n) is 2.26.